The van der Waals surface area contributed by atoms with E-state index < -0.39 is 12.5 Å². The van der Waals surface area contributed by atoms with Crippen LogP contribution in [0.15, 0.2) is 18.5 Å². The largest absolute Gasteiger partial charge is 0.492 e. The summed E-state index contributed by atoms with van der Waals surface area (Å²) in [6, 6.07) is 0.571. The molecule has 0 aliphatic heterocycles. The number of halogens is 2. The monoisotopic (exact) mass is 216 g/mol. The van der Waals surface area contributed by atoms with Crippen molar-refractivity contribution in [1.82, 2.24) is 10.3 Å². The third kappa shape index (κ3) is 3.13. The van der Waals surface area contributed by atoms with Crippen molar-refractivity contribution >= 4 is 0 Å². The Morgan fingerprint density at radius 1 is 1.47 bits per heavy atom. The molecule has 0 bridgehead atoms. The first-order valence-electron chi connectivity index (χ1n) is 4.72. The molecule has 15 heavy (non-hydrogen) atoms. The Labute approximate surface area is 87.5 Å². The molecule has 0 aromatic carbocycles. The second-order valence-electron chi connectivity index (χ2n) is 2.99. The van der Waals surface area contributed by atoms with Crippen molar-refractivity contribution in [2.45, 2.75) is 19.4 Å². The Balaban J connectivity index is 2.87. The molecule has 1 rings (SSSR count). The lowest BCUT2D eigenvalue weighted by Gasteiger charge is -2.15. The first kappa shape index (κ1) is 11.8. The molecule has 1 heterocycles. The predicted octanol–water partition coefficient (Wildman–Crippen LogP) is 2.01. The van der Waals surface area contributed by atoms with Crippen molar-refractivity contribution in [2.24, 2.45) is 0 Å². The Morgan fingerprint density at radius 2 is 2.20 bits per heavy atom. The molecular formula is C10H14F2N2O. The van der Waals surface area contributed by atoms with Crippen LogP contribution < -0.4 is 10.1 Å². The molecule has 0 radical (unpaired) electrons. The van der Waals surface area contributed by atoms with Crippen LogP contribution in [0, 0.1) is 0 Å². The first-order chi connectivity index (χ1) is 7.19. The molecule has 0 aliphatic carbocycles. The fraction of sp³-hybridized carbons (Fsp3) is 0.500. The van der Waals surface area contributed by atoms with Gasteiger partial charge in [0.25, 0.3) is 6.43 Å². The third-order valence-corrected chi connectivity index (χ3v) is 1.97. The zero-order valence-electron chi connectivity index (χ0n) is 8.71. The summed E-state index contributed by atoms with van der Waals surface area (Å²) in [4.78, 5) is 3.86. The van der Waals surface area contributed by atoms with Crippen LogP contribution >= 0.6 is 0 Å². The number of nitrogens with zero attached hydrogens (tertiary/aromatic N) is 1. The fourth-order valence-corrected chi connectivity index (χ4v) is 1.29. The lowest BCUT2D eigenvalue weighted by molar-refractivity contribution is 0.102. The number of ether oxygens (including phenoxy) is 1. The first-order valence-corrected chi connectivity index (χ1v) is 4.72. The summed E-state index contributed by atoms with van der Waals surface area (Å²) in [5, 5.41) is 2.54. The predicted molar refractivity (Wildman–Crippen MR) is 53.2 cm³/mol. The van der Waals surface area contributed by atoms with E-state index in [9.17, 15) is 8.78 Å². The van der Waals surface area contributed by atoms with Gasteiger partial charge in [0, 0.05) is 6.20 Å². The van der Waals surface area contributed by atoms with E-state index in [0.717, 1.165) is 0 Å². The van der Waals surface area contributed by atoms with Gasteiger partial charge in [-0.15, -0.1) is 0 Å². The Bertz CT molecular complexity index is 307. The number of hydrogen-bond donors (Lipinski definition) is 1. The van der Waals surface area contributed by atoms with Crippen LogP contribution in [0.25, 0.3) is 0 Å². The van der Waals surface area contributed by atoms with Crippen LogP contribution in [0.5, 0.6) is 5.75 Å². The van der Waals surface area contributed by atoms with Crippen LogP contribution in [0.1, 0.15) is 18.5 Å². The van der Waals surface area contributed by atoms with Gasteiger partial charge in [-0.25, -0.2) is 8.78 Å². The van der Waals surface area contributed by atoms with Gasteiger partial charge in [0.05, 0.1) is 18.8 Å². The molecule has 1 unspecified atom stereocenters. The van der Waals surface area contributed by atoms with Gasteiger partial charge < -0.3 is 10.1 Å². The smallest absolute Gasteiger partial charge is 0.257 e. The molecule has 0 saturated carbocycles. The summed E-state index contributed by atoms with van der Waals surface area (Å²) in [5.41, 5.74) is 0.429. The van der Waals surface area contributed by atoms with Gasteiger partial charge in [0.2, 0.25) is 0 Å². The fourth-order valence-electron chi connectivity index (χ4n) is 1.29. The van der Waals surface area contributed by atoms with E-state index in [2.05, 4.69) is 10.3 Å². The molecule has 5 heteroatoms. The molecule has 0 aliphatic rings. The van der Waals surface area contributed by atoms with E-state index in [-0.39, 0.29) is 0 Å². The number of nitrogens with one attached hydrogen (secondary N) is 1. The summed E-state index contributed by atoms with van der Waals surface area (Å²) in [6.45, 7) is 2.32. The molecule has 0 saturated heterocycles. The lowest BCUT2D eigenvalue weighted by atomic mass is 10.1. The van der Waals surface area contributed by atoms with Gasteiger partial charge in [-0.05, 0) is 25.6 Å². The Kier molecular flexibility index (Phi) is 4.42. The van der Waals surface area contributed by atoms with Gasteiger partial charge in [-0.1, -0.05) is 0 Å². The number of hydrogen-bond acceptors (Lipinski definition) is 3. The molecular weight excluding hydrogens is 202 g/mol. The highest BCUT2D eigenvalue weighted by molar-refractivity contribution is 5.26. The van der Waals surface area contributed by atoms with Gasteiger partial charge >= 0.3 is 0 Å². The van der Waals surface area contributed by atoms with Crippen LogP contribution in [0.2, 0.25) is 0 Å². The van der Waals surface area contributed by atoms with Crippen molar-refractivity contribution in [2.75, 3.05) is 13.7 Å². The minimum Gasteiger partial charge on any atom is -0.492 e. The molecule has 1 aromatic heterocycles. The minimum atomic E-state index is -2.46. The molecule has 3 nitrogen and oxygen atoms in total. The number of aromatic nitrogens is 1. The number of rotatable bonds is 5. The van der Waals surface area contributed by atoms with Crippen molar-refractivity contribution in [3.05, 3.63) is 24.0 Å². The second-order valence-corrected chi connectivity index (χ2v) is 2.99. The standard InChI is InChI=1S/C10H14F2N2O/c1-3-15-8-4-7(5-14-6-8)9(13-2)10(11)12/h4-6,9-10,13H,3H2,1-2H3. The van der Waals surface area contributed by atoms with Crippen LogP contribution in [-0.4, -0.2) is 25.1 Å². The third-order valence-electron chi connectivity index (χ3n) is 1.97. The van der Waals surface area contributed by atoms with E-state index in [1.807, 2.05) is 6.92 Å². The van der Waals surface area contributed by atoms with Gasteiger partial charge in [0.15, 0.2) is 0 Å². The zero-order chi connectivity index (χ0) is 11.3. The van der Waals surface area contributed by atoms with E-state index in [4.69, 9.17) is 4.74 Å². The summed E-state index contributed by atoms with van der Waals surface area (Å²) in [6.07, 6.45) is 0.454. The summed E-state index contributed by atoms with van der Waals surface area (Å²) in [7, 11) is 1.49. The highest BCUT2D eigenvalue weighted by Gasteiger charge is 2.20. The maximum atomic E-state index is 12.6. The topological polar surface area (TPSA) is 34.1 Å². The maximum Gasteiger partial charge on any atom is 0.257 e. The second kappa shape index (κ2) is 5.60. The normalized spacial score (nSPS) is 12.9. The summed E-state index contributed by atoms with van der Waals surface area (Å²) in [5.74, 6) is 0.510. The molecule has 1 atom stereocenters. The van der Waals surface area contributed by atoms with Crippen molar-refractivity contribution in [3.63, 3.8) is 0 Å². The lowest BCUT2D eigenvalue weighted by Crippen LogP contribution is -2.23. The molecule has 1 N–H and O–H groups in total. The van der Waals surface area contributed by atoms with Crippen LogP contribution in [-0.2, 0) is 0 Å². The van der Waals surface area contributed by atoms with E-state index >= 15 is 0 Å². The molecule has 0 spiro atoms. The average molecular weight is 216 g/mol. The molecule has 1 aromatic rings. The van der Waals surface area contributed by atoms with Gasteiger partial charge in [-0.2, -0.15) is 0 Å². The quantitative estimate of drug-likeness (QED) is 0.817. The number of alkyl halides is 2. The Hall–Kier alpha value is -1.23. The molecule has 0 amide bonds. The van der Waals surface area contributed by atoms with Crippen molar-refractivity contribution in [3.8, 4) is 5.75 Å². The minimum absolute atomic E-state index is 0.429. The van der Waals surface area contributed by atoms with Gasteiger partial charge in [0.1, 0.15) is 5.75 Å². The highest BCUT2D eigenvalue weighted by Crippen LogP contribution is 2.22. The molecule has 0 fully saturated rings. The maximum absolute atomic E-state index is 12.6. The Morgan fingerprint density at radius 3 is 2.73 bits per heavy atom. The van der Waals surface area contributed by atoms with Crippen LogP contribution in [0.4, 0.5) is 8.78 Å². The van der Waals surface area contributed by atoms with Crippen LogP contribution in [0.3, 0.4) is 0 Å². The van der Waals surface area contributed by atoms with Crippen molar-refractivity contribution < 1.29 is 13.5 Å². The van der Waals surface area contributed by atoms with E-state index in [0.29, 0.717) is 17.9 Å². The number of pyridine rings is 1. The van der Waals surface area contributed by atoms with E-state index in [1.165, 1.54) is 19.4 Å². The molecule has 84 valence electrons. The SMILES string of the molecule is CCOc1cncc(C(NC)C(F)F)c1. The van der Waals surface area contributed by atoms with Gasteiger partial charge in [-0.3, -0.25) is 4.98 Å². The van der Waals surface area contributed by atoms with E-state index in [1.54, 1.807) is 6.07 Å². The highest BCUT2D eigenvalue weighted by atomic mass is 19.3. The summed E-state index contributed by atoms with van der Waals surface area (Å²) >= 11 is 0. The summed E-state index contributed by atoms with van der Waals surface area (Å²) < 4.78 is 30.3. The van der Waals surface area contributed by atoms with Crippen molar-refractivity contribution in [1.29, 1.82) is 0 Å². The average Bonchev–Trinajstić information content (AvgIpc) is 2.19. The zero-order valence-corrected chi connectivity index (χ0v) is 8.71.